The maximum Gasteiger partial charge on any atom is 0.274 e. The zero-order chi connectivity index (χ0) is 24.1. The van der Waals surface area contributed by atoms with E-state index in [4.69, 9.17) is 0 Å². The largest absolute Gasteiger partial charge is 0.361 e. The molecule has 0 saturated heterocycles. The lowest BCUT2D eigenvalue weighted by atomic mass is 9.97. The summed E-state index contributed by atoms with van der Waals surface area (Å²) in [7, 11) is 1.71. The van der Waals surface area contributed by atoms with Gasteiger partial charge in [0.2, 0.25) is 0 Å². The predicted octanol–water partition coefficient (Wildman–Crippen LogP) is 3.56. The molecule has 0 aliphatic rings. The second-order valence-electron chi connectivity index (χ2n) is 8.77. The number of carbonyl (C=O) groups excluding carboxylic acids is 1. The van der Waals surface area contributed by atoms with E-state index in [-0.39, 0.29) is 23.6 Å². The van der Waals surface area contributed by atoms with E-state index in [1.807, 2.05) is 51.2 Å². The molecule has 8 heteroatoms. The summed E-state index contributed by atoms with van der Waals surface area (Å²) in [6, 6.07) is 7.58. The van der Waals surface area contributed by atoms with Crippen LogP contribution in [0, 0.1) is 20.8 Å². The van der Waals surface area contributed by atoms with Gasteiger partial charge >= 0.3 is 0 Å². The molecular weight excluding hydrogens is 430 g/mol. The van der Waals surface area contributed by atoms with Crippen molar-refractivity contribution in [3.05, 3.63) is 91.5 Å². The molecule has 4 aromatic heterocycles. The molecule has 34 heavy (non-hydrogen) atoms. The minimum Gasteiger partial charge on any atom is -0.361 e. The molecule has 5 rings (SSSR count). The van der Waals surface area contributed by atoms with E-state index < -0.39 is 0 Å². The number of carbonyl (C=O) groups is 1. The molecule has 1 aromatic carbocycles. The maximum absolute atomic E-state index is 13.4. The smallest absolute Gasteiger partial charge is 0.274 e. The minimum atomic E-state index is -0.274. The number of aryl methyl sites for hydroxylation is 4. The average Bonchev–Trinajstić information content (AvgIpc) is 3.42. The highest BCUT2D eigenvalue weighted by atomic mass is 16.2. The van der Waals surface area contributed by atoms with E-state index in [0.29, 0.717) is 16.6 Å². The Balaban J connectivity index is 1.61. The molecule has 1 amide bonds. The summed E-state index contributed by atoms with van der Waals surface area (Å²) >= 11 is 0. The van der Waals surface area contributed by atoms with Crippen molar-refractivity contribution in [1.29, 1.82) is 0 Å². The van der Waals surface area contributed by atoms with Crippen molar-refractivity contribution in [2.75, 3.05) is 0 Å². The third-order valence-corrected chi connectivity index (χ3v) is 6.35. The van der Waals surface area contributed by atoms with Crippen LogP contribution in [-0.2, 0) is 13.6 Å². The molecule has 0 unspecified atom stereocenters. The van der Waals surface area contributed by atoms with Gasteiger partial charge in [-0.1, -0.05) is 0 Å². The monoisotopic (exact) mass is 455 g/mol. The Labute approximate surface area is 194 Å². The first-order chi connectivity index (χ1) is 16.2. The lowest BCUT2D eigenvalue weighted by Gasteiger charge is -2.12. The van der Waals surface area contributed by atoms with E-state index in [1.165, 1.54) is 4.57 Å². The molecule has 0 radical (unpaired) electrons. The van der Waals surface area contributed by atoms with Crippen molar-refractivity contribution in [3.63, 3.8) is 0 Å². The molecule has 0 fully saturated rings. The second-order valence-corrected chi connectivity index (χ2v) is 8.77. The number of nitrogens with zero attached hydrogens (tertiary/aromatic N) is 1. The van der Waals surface area contributed by atoms with Gasteiger partial charge in [0, 0.05) is 70.9 Å². The van der Waals surface area contributed by atoms with Gasteiger partial charge in [0.25, 0.3) is 17.0 Å². The number of hydrogen-bond donors (Lipinski definition) is 4. The third kappa shape index (κ3) is 3.44. The number of fused-ring (bicyclic) bond motifs is 2. The molecule has 4 N–H and O–H groups in total. The number of hydrogen-bond acceptors (Lipinski definition) is 3. The fourth-order valence-corrected chi connectivity index (χ4v) is 4.64. The minimum absolute atomic E-state index is 0.114. The first kappa shape index (κ1) is 21.5. The Bertz CT molecular complexity index is 1710. The van der Waals surface area contributed by atoms with Crippen molar-refractivity contribution in [3.8, 4) is 11.1 Å². The number of amides is 1. The summed E-state index contributed by atoms with van der Waals surface area (Å²) in [4.78, 5) is 47.3. The fraction of sp³-hybridized carbons (Fsp3) is 0.192. The quantitative estimate of drug-likeness (QED) is 0.332. The lowest BCUT2D eigenvalue weighted by Crippen LogP contribution is -2.28. The van der Waals surface area contributed by atoms with E-state index in [0.717, 1.165) is 44.2 Å². The van der Waals surface area contributed by atoms with E-state index in [1.54, 1.807) is 19.4 Å². The number of nitrogens with one attached hydrogen (secondary N) is 4. The maximum atomic E-state index is 13.4. The van der Waals surface area contributed by atoms with Crippen LogP contribution in [0.1, 0.15) is 32.7 Å². The van der Waals surface area contributed by atoms with Gasteiger partial charge < -0.3 is 24.8 Å². The summed E-state index contributed by atoms with van der Waals surface area (Å²) in [5.74, 6) is -0.274. The van der Waals surface area contributed by atoms with Crippen LogP contribution in [0.4, 0.5) is 0 Å². The average molecular weight is 456 g/mol. The standard InChI is InChI=1S/C26H25N5O3/c1-13-7-15(3)30-25(33)19(13)11-29-24(32)18-8-16(9-21-22(18)14(2)10-28-21)20-12-31(4)26(34)23-17(20)5-6-27-23/h5-10,12,27-28H,11H2,1-4H3,(H,29,32)(H,30,33). The number of rotatable bonds is 4. The van der Waals surface area contributed by atoms with Crippen molar-refractivity contribution >= 4 is 27.7 Å². The van der Waals surface area contributed by atoms with Gasteiger partial charge in [-0.15, -0.1) is 0 Å². The lowest BCUT2D eigenvalue weighted by molar-refractivity contribution is 0.0952. The van der Waals surface area contributed by atoms with Crippen molar-refractivity contribution < 1.29 is 4.79 Å². The van der Waals surface area contributed by atoms with Gasteiger partial charge in [0.15, 0.2) is 0 Å². The first-order valence-electron chi connectivity index (χ1n) is 11.0. The Morgan fingerprint density at radius 2 is 1.85 bits per heavy atom. The van der Waals surface area contributed by atoms with Crippen molar-refractivity contribution in [1.82, 2.24) is 24.8 Å². The normalized spacial score (nSPS) is 11.4. The van der Waals surface area contributed by atoms with Crippen LogP contribution >= 0.6 is 0 Å². The van der Waals surface area contributed by atoms with Crippen LogP contribution in [0.3, 0.4) is 0 Å². The summed E-state index contributed by atoms with van der Waals surface area (Å²) < 4.78 is 1.53. The Kier molecular flexibility index (Phi) is 5.01. The predicted molar refractivity (Wildman–Crippen MR) is 133 cm³/mol. The summed E-state index contributed by atoms with van der Waals surface area (Å²) in [5, 5.41) is 4.54. The van der Waals surface area contributed by atoms with Crippen LogP contribution in [0.25, 0.3) is 32.9 Å². The molecule has 5 aromatic rings. The molecule has 0 spiro atoms. The van der Waals surface area contributed by atoms with Gasteiger partial charge in [-0.3, -0.25) is 14.4 Å². The molecule has 0 aliphatic heterocycles. The molecule has 172 valence electrons. The Morgan fingerprint density at radius 1 is 1.06 bits per heavy atom. The van der Waals surface area contributed by atoms with Gasteiger partial charge in [0.1, 0.15) is 5.52 Å². The second kappa shape index (κ2) is 7.91. The Morgan fingerprint density at radius 3 is 2.62 bits per heavy atom. The number of benzene rings is 1. The van der Waals surface area contributed by atoms with Crippen LogP contribution in [0.5, 0.6) is 0 Å². The molecule has 8 nitrogen and oxygen atoms in total. The number of aromatic amines is 3. The summed E-state index contributed by atoms with van der Waals surface area (Å²) in [6.07, 6.45) is 5.39. The number of H-pyrrole nitrogens is 3. The van der Waals surface area contributed by atoms with Gasteiger partial charge in [-0.2, -0.15) is 0 Å². The SMILES string of the molecule is Cc1cc(C)c(CNC(=O)c2cc(-c3cn(C)c(=O)c4[nH]ccc34)cc3[nH]cc(C)c23)c(=O)[nH]1. The molecule has 0 bridgehead atoms. The highest BCUT2D eigenvalue weighted by molar-refractivity contribution is 6.10. The van der Waals surface area contributed by atoms with E-state index in [9.17, 15) is 14.4 Å². The number of pyridine rings is 2. The topological polar surface area (TPSA) is 116 Å². The van der Waals surface area contributed by atoms with E-state index in [2.05, 4.69) is 20.3 Å². The summed E-state index contributed by atoms with van der Waals surface area (Å²) in [5.41, 5.74) is 6.27. The van der Waals surface area contributed by atoms with Gasteiger partial charge in [-0.05, 0) is 61.7 Å². The molecule has 0 atom stereocenters. The third-order valence-electron chi connectivity index (χ3n) is 6.35. The van der Waals surface area contributed by atoms with Gasteiger partial charge in [-0.25, -0.2) is 0 Å². The zero-order valence-corrected chi connectivity index (χ0v) is 19.4. The van der Waals surface area contributed by atoms with Crippen LogP contribution < -0.4 is 16.4 Å². The van der Waals surface area contributed by atoms with Crippen LogP contribution in [-0.4, -0.2) is 25.4 Å². The highest BCUT2D eigenvalue weighted by Gasteiger charge is 2.18. The van der Waals surface area contributed by atoms with Crippen molar-refractivity contribution in [2.45, 2.75) is 27.3 Å². The first-order valence-corrected chi connectivity index (χ1v) is 11.0. The van der Waals surface area contributed by atoms with Crippen LogP contribution in [0.2, 0.25) is 0 Å². The molecule has 0 saturated carbocycles. The summed E-state index contributed by atoms with van der Waals surface area (Å²) in [6.45, 7) is 5.76. The van der Waals surface area contributed by atoms with Crippen molar-refractivity contribution in [2.24, 2.45) is 7.05 Å². The molecule has 0 aliphatic carbocycles. The fourth-order valence-electron chi connectivity index (χ4n) is 4.64. The van der Waals surface area contributed by atoms with E-state index >= 15 is 0 Å². The number of aromatic nitrogens is 4. The Hall–Kier alpha value is -4.33. The van der Waals surface area contributed by atoms with Crippen LogP contribution in [0.15, 0.2) is 52.4 Å². The van der Waals surface area contributed by atoms with Gasteiger partial charge in [0.05, 0.1) is 0 Å². The molecular formula is C26H25N5O3. The highest BCUT2D eigenvalue weighted by Crippen LogP contribution is 2.32. The zero-order valence-electron chi connectivity index (χ0n) is 19.4. The molecule has 4 heterocycles.